The third kappa shape index (κ3) is 6.96. The Kier molecular flexibility index (Phi) is 7.97. The number of hydrogen-bond acceptors (Lipinski definition) is 5. The second kappa shape index (κ2) is 9.48. The molecule has 0 aromatic heterocycles. The molecular formula is C20H27NO5. The van der Waals surface area contributed by atoms with Crippen molar-refractivity contribution in [3.63, 3.8) is 0 Å². The summed E-state index contributed by atoms with van der Waals surface area (Å²) in [7, 11) is 0. The van der Waals surface area contributed by atoms with Gasteiger partial charge in [-0.1, -0.05) is 25.7 Å². The predicted octanol–water partition coefficient (Wildman–Crippen LogP) is 0.876. The van der Waals surface area contributed by atoms with Crippen molar-refractivity contribution < 1.29 is 24.9 Å². The third-order valence-electron chi connectivity index (χ3n) is 3.70. The number of Topliss-reactive ketones (excluding diaryl/α,β-unsaturated/α-hetero) is 1. The Hall–Kier alpha value is -2.20. The van der Waals surface area contributed by atoms with Crippen LogP contribution < -0.4 is 5.32 Å². The largest absolute Gasteiger partial charge is 0.391 e. The molecule has 1 aromatic rings. The molecule has 1 unspecified atom stereocenters. The van der Waals surface area contributed by atoms with Crippen LogP contribution in [0.1, 0.15) is 50.0 Å². The molecule has 3 atom stereocenters. The number of ketones is 1. The number of aliphatic hydroxyl groups excluding tert-OH is 2. The average Bonchev–Trinajstić information content (AvgIpc) is 2.56. The summed E-state index contributed by atoms with van der Waals surface area (Å²) < 4.78 is 0. The van der Waals surface area contributed by atoms with E-state index >= 15 is 0 Å². The Morgan fingerprint density at radius 1 is 1.19 bits per heavy atom. The summed E-state index contributed by atoms with van der Waals surface area (Å²) in [6, 6.07) is 5.19. The molecule has 6 nitrogen and oxygen atoms in total. The first-order valence-corrected chi connectivity index (χ1v) is 8.54. The van der Waals surface area contributed by atoms with Gasteiger partial charge in [0, 0.05) is 11.1 Å². The lowest BCUT2D eigenvalue weighted by molar-refractivity contribution is -0.125. The smallest absolute Gasteiger partial charge is 0.251 e. The van der Waals surface area contributed by atoms with Gasteiger partial charge in [-0.2, -0.15) is 0 Å². The highest BCUT2D eigenvalue weighted by atomic mass is 16.3. The fourth-order valence-electron chi connectivity index (χ4n) is 2.55. The van der Waals surface area contributed by atoms with Gasteiger partial charge in [-0.25, -0.2) is 0 Å². The Morgan fingerprint density at radius 3 is 2.23 bits per heavy atom. The van der Waals surface area contributed by atoms with Crippen molar-refractivity contribution in [1.29, 1.82) is 0 Å². The molecule has 0 radical (unpaired) electrons. The Morgan fingerprint density at radius 2 is 1.77 bits per heavy atom. The summed E-state index contributed by atoms with van der Waals surface area (Å²) in [5, 5.41) is 31.1. The fraction of sp³-hybridized carbons (Fsp3) is 0.500. The van der Waals surface area contributed by atoms with E-state index in [1.165, 1.54) is 6.92 Å². The SMILES string of the molecule is CC(C)CC(C)(O)C#Cc1ccc(C(=O)N[C@H](C(=O)CO)[C@@H](C)O)cc1. The number of hydrogen-bond donors (Lipinski definition) is 4. The van der Waals surface area contributed by atoms with E-state index in [4.69, 9.17) is 5.11 Å². The molecule has 0 spiro atoms. The minimum Gasteiger partial charge on any atom is -0.391 e. The van der Waals surface area contributed by atoms with Crippen molar-refractivity contribution in [1.82, 2.24) is 5.32 Å². The van der Waals surface area contributed by atoms with Crippen LogP contribution in [0.5, 0.6) is 0 Å². The summed E-state index contributed by atoms with van der Waals surface area (Å²) in [5.74, 6) is 4.82. The van der Waals surface area contributed by atoms with Crippen molar-refractivity contribution >= 4 is 11.7 Å². The molecule has 0 fully saturated rings. The second-order valence-electron chi connectivity index (χ2n) is 7.02. The minimum atomic E-state index is -1.17. The molecule has 1 amide bonds. The lowest BCUT2D eigenvalue weighted by atomic mass is 9.94. The number of carbonyl (C=O) groups excluding carboxylic acids is 2. The maximum absolute atomic E-state index is 12.2. The van der Waals surface area contributed by atoms with Crippen LogP contribution in [0.25, 0.3) is 0 Å². The maximum atomic E-state index is 12.2. The Balaban J connectivity index is 2.84. The van der Waals surface area contributed by atoms with Crippen LogP contribution in [0.15, 0.2) is 24.3 Å². The first kappa shape index (κ1) is 21.8. The van der Waals surface area contributed by atoms with E-state index in [0.29, 0.717) is 23.5 Å². The number of aliphatic hydroxyl groups is 3. The summed E-state index contributed by atoms with van der Waals surface area (Å²) >= 11 is 0. The average molecular weight is 361 g/mol. The monoisotopic (exact) mass is 361 g/mol. The first-order valence-electron chi connectivity index (χ1n) is 8.54. The minimum absolute atomic E-state index is 0.292. The molecule has 4 N–H and O–H groups in total. The van der Waals surface area contributed by atoms with E-state index in [-0.39, 0.29) is 0 Å². The van der Waals surface area contributed by atoms with Crippen LogP contribution >= 0.6 is 0 Å². The lowest BCUT2D eigenvalue weighted by Crippen LogP contribution is -2.48. The van der Waals surface area contributed by atoms with E-state index in [1.54, 1.807) is 31.2 Å². The van der Waals surface area contributed by atoms with E-state index in [2.05, 4.69) is 17.2 Å². The van der Waals surface area contributed by atoms with Gasteiger partial charge in [0.15, 0.2) is 5.78 Å². The molecule has 0 aliphatic heterocycles. The molecule has 0 heterocycles. The van der Waals surface area contributed by atoms with Gasteiger partial charge in [0.05, 0.1) is 6.10 Å². The van der Waals surface area contributed by atoms with Crippen LogP contribution in [0.2, 0.25) is 0 Å². The van der Waals surface area contributed by atoms with Gasteiger partial charge < -0.3 is 20.6 Å². The number of benzene rings is 1. The number of nitrogens with one attached hydrogen (secondary N) is 1. The van der Waals surface area contributed by atoms with Gasteiger partial charge in [0.2, 0.25) is 0 Å². The molecule has 0 aliphatic rings. The normalized spacial score (nSPS) is 15.4. The summed E-state index contributed by atoms with van der Waals surface area (Å²) in [5.41, 5.74) is -0.149. The van der Waals surface area contributed by atoms with Crippen molar-refractivity contribution in [2.24, 2.45) is 5.92 Å². The molecule has 0 bridgehead atoms. The van der Waals surface area contributed by atoms with E-state index < -0.39 is 36.0 Å². The molecule has 142 valence electrons. The summed E-state index contributed by atoms with van der Waals surface area (Å²) in [6.07, 6.45) is -0.563. The van der Waals surface area contributed by atoms with Crippen molar-refractivity contribution in [3.8, 4) is 11.8 Å². The zero-order valence-corrected chi connectivity index (χ0v) is 15.6. The predicted molar refractivity (Wildman–Crippen MR) is 98.4 cm³/mol. The molecule has 0 aliphatic carbocycles. The first-order chi connectivity index (χ1) is 12.1. The molecule has 1 rings (SSSR count). The van der Waals surface area contributed by atoms with Gasteiger partial charge in [-0.15, -0.1) is 0 Å². The van der Waals surface area contributed by atoms with Gasteiger partial charge in [0.1, 0.15) is 18.2 Å². The molecule has 0 saturated carbocycles. The second-order valence-corrected chi connectivity index (χ2v) is 7.02. The molecular weight excluding hydrogens is 334 g/mol. The maximum Gasteiger partial charge on any atom is 0.251 e. The summed E-state index contributed by atoms with van der Waals surface area (Å²) in [4.78, 5) is 23.8. The molecule has 1 aromatic carbocycles. The molecule has 6 heteroatoms. The number of rotatable bonds is 7. The van der Waals surface area contributed by atoms with Crippen LogP contribution in [0.4, 0.5) is 0 Å². The number of carbonyl (C=O) groups is 2. The number of amides is 1. The van der Waals surface area contributed by atoms with Crippen LogP contribution in [-0.2, 0) is 4.79 Å². The van der Waals surface area contributed by atoms with E-state index in [9.17, 15) is 19.8 Å². The zero-order valence-electron chi connectivity index (χ0n) is 15.6. The van der Waals surface area contributed by atoms with Crippen LogP contribution in [0.3, 0.4) is 0 Å². The highest BCUT2D eigenvalue weighted by Gasteiger charge is 2.25. The van der Waals surface area contributed by atoms with Gasteiger partial charge in [0.25, 0.3) is 5.91 Å². The highest BCUT2D eigenvalue weighted by Crippen LogP contribution is 2.15. The Bertz CT molecular complexity index is 680. The molecule has 0 saturated heterocycles. The lowest BCUT2D eigenvalue weighted by Gasteiger charge is -2.19. The van der Waals surface area contributed by atoms with Crippen molar-refractivity contribution in [2.75, 3.05) is 6.61 Å². The van der Waals surface area contributed by atoms with Gasteiger partial charge in [-0.3, -0.25) is 9.59 Å². The van der Waals surface area contributed by atoms with Gasteiger partial charge >= 0.3 is 0 Å². The summed E-state index contributed by atoms with van der Waals surface area (Å²) in [6.45, 7) is 6.27. The van der Waals surface area contributed by atoms with E-state index in [0.717, 1.165) is 0 Å². The highest BCUT2D eigenvalue weighted by molar-refractivity contribution is 5.98. The van der Waals surface area contributed by atoms with Crippen LogP contribution in [0, 0.1) is 17.8 Å². The fourth-order valence-corrected chi connectivity index (χ4v) is 2.55. The topological polar surface area (TPSA) is 107 Å². The van der Waals surface area contributed by atoms with Crippen LogP contribution in [-0.4, -0.2) is 51.4 Å². The molecule has 26 heavy (non-hydrogen) atoms. The van der Waals surface area contributed by atoms with Crippen molar-refractivity contribution in [2.45, 2.75) is 51.9 Å². The third-order valence-corrected chi connectivity index (χ3v) is 3.70. The quantitative estimate of drug-likeness (QED) is 0.539. The standard InChI is InChI=1S/C20H27NO5/c1-13(2)11-20(4,26)10-9-15-5-7-16(8-6-15)19(25)21-18(14(3)23)17(24)12-22/h5-8,13-14,18,22-23,26H,11-12H2,1-4H3,(H,21,25)/t14-,18+,20?/m1/s1. The zero-order chi connectivity index (χ0) is 19.9. The van der Waals surface area contributed by atoms with Crippen molar-refractivity contribution in [3.05, 3.63) is 35.4 Å². The van der Waals surface area contributed by atoms with E-state index in [1.807, 2.05) is 13.8 Å². The van der Waals surface area contributed by atoms with Gasteiger partial charge in [-0.05, 0) is 50.5 Å². The Labute approximate surface area is 154 Å².